The molecule has 0 amide bonds. The molecule has 4 heteroatoms. The third kappa shape index (κ3) is 4.01. The van der Waals surface area contributed by atoms with Crippen LogP contribution in [0.2, 0.25) is 0 Å². The first-order valence-corrected chi connectivity index (χ1v) is 6.42. The third-order valence-corrected chi connectivity index (χ3v) is 3.69. The third-order valence-electron chi connectivity index (χ3n) is 3.69. The van der Waals surface area contributed by atoms with Crippen LogP contribution < -0.4 is 5.32 Å². The van der Waals surface area contributed by atoms with E-state index in [1.165, 1.54) is 0 Å². The maximum atomic E-state index is 9.42. The number of nitrogens with one attached hydrogen (secondary N) is 1. The maximum absolute atomic E-state index is 9.42. The molecule has 0 radical (unpaired) electrons. The molecule has 0 atom stereocenters. The molecule has 0 saturated carbocycles. The van der Waals surface area contributed by atoms with Crippen molar-refractivity contribution in [2.75, 3.05) is 46.0 Å². The summed E-state index contributed by atoms with van der Waals surface area (Å²) in [4.78, 5) is 2.41. The predicted octanol–water partition coefficient (Wildman–Crippen LogP) is 0.459. The molecule has 1 rings (SSSR count). The van der Waals surface area contributed by atoms with Gasteiger partial charge < -0.3 is 15.2 Å². The van der Waals surface area contributed by atoms with Gasteiger partial charge in [0.25, 0.3) is 0 Å². The minimum absolute atomic E-state index is 0.0771. The van der Waals surface area contributed by atoms with Crippen molar-refractivity contribution >= 4 is 0 Å². The Morgan fingerprint density at radius 3 is 2.38 bits per heavy atom. The molecule has 0 aliphatic carbocycles. The fourth-order valence-corrected chi connectivity index (χ4v) is 2.08. The first-order valence-electron chi connectivity index (χ1n) is 6.42. The van der Waals surface area contributed by atoms with E-state index in [4.69, 9.17) is 4.74 Å². The Morgan fingerprint density at radius 2 is 1.88 bits per heavy atom. The van der Waals surface area contributed by atoms with Crippen LogP contribution in [0.5, 0.6) is 0 Å². The second kappa shape index (κ2) is 7.22. The molecule has 96 valence electrons. The van der Waals surface area contributed by atoms with Gasteiger partial charge in [0.1, 0.15) is 0 Å². The number of aliphatic hydroxyl groups is 1. The molecule has 0 aromatic carbocycles. The van der Waals surface area contributed by atoms with Gasteiger partial charge in [0.2, 0.25) is 0 Å². The molecule has 1 fully saturated rings. The topological polar surface area (TPSA) is 44.7 Å². The summed E-state index contributed by atoms with van der Waals surface area (Å²) in [5.74, 6) is 0. The summed E-state index contributed by atoms with van der Waals surface area (Å²) in [5.41, 5.74) is -0.0771. The van der Waals surface area contributed by atoms with Crippen LogP contribution in [0.25, 0.3) is 0 Å². The predicted molar refractivity (Wildman–Crippen MR) is 65.7 cm³/mol. The quantitative estimate of drug-likeness (QED) is 0.667. The molecular formula is C12H26N2O2. The molecule has 1 heterocycles. The zero-order chi connectivity index (χ0) is 11.9. The van der Waals surface area contributed by atoms with Crippen LogP contribution in [0, 0.1) is 0 Å². The van der Waals surface area contributed by atoms with E-state index in [9.17, 15) is 5.11 Å². The average Bonchev–Trinajstić information content (AvgIpc) is 2.37. The van der Waals surface area contributed by atoms with Gasteiger partial charge in [-0.3, -0.25) is 4.90 Å². The number of morpholine rings is 1. The molecule has 1 aliphatic rings. The van der Waals surface area contributed by atoms with Crippen LogP contribution in [0.4, 0.5) is 0 Å². The Labute approximate surface area is 99.0 Å². The first-order chi connectivity index (χ1) is 7.76. The van der Waals surface area contributed by atoms with Crippen LogP contribution in [0.1, 0.15) is 26.7 Å². The van der Waals surface area contributed by atoms with Crippen LogP contribution in [0.3, 0.4) is 0 Å². The van der Waals surface area contributed by atoms with Crippen molar-refractivity contribution in [1.82, 2.24) is 10.2 Å². The van der Waals surface area contributed by atoms with E-state index >= 15 is 0 Å². The highest BCUT2D eigenvalue weighted by Gasteiger charge is 2.24. The zero-order valence-corrected chi connectivity index (χ0v) is 10.7. The van der Waals surface area contributed by atoms with Gasteiger partial charge >= 0.3 is 0 Å². The van der Waals surface area contributed by atoms with Crippen molar-refractivity contribution in [3.63, 3.8) is 0 Å². The molecule has 2 N–H and O–H groups in total. The standard InChI is InChI=1S/C12H26N2O2/c1-3-12(4-2,11-15)13-5-6-14-7-9-16-10-8-14/h13,15H,3-11H2,1-2H3. The van der Waals surface area contributed by atoms with E-state index in [2.05, 4.69) is 24.1 Å². The molecule has 1 saturated heterocycles. The van der Waals surface area contributed by atoms with Gasteiger partial charge in [-0.2, -0.15) is 0 Å². The Hall–Kier alpha value is -0.160. The van der Waals surface area contributed by atoms with Crippen LogP contribution in [0.15, 0.2) is 0 Å². The summed E-state index contributed by atoms with van der Waals surface area (Å²) < 4.78 is 5.31. The Bertz CT molecular complexity index is 170. The molecule has 0 aromatic heterocycles. The van der Waals surface area contributed by atoms with Gasteiger partial charge in [-0.25, -0.2) is 0 Å². The Morgan fingerprint density at radius 1 is 1.25 bits per heavy atom. The molecule has 16 heavy (non-hydrogen) atoms. The average molecular weight is 230 g/mol. The van der Waals surface area contributed by atoms with Gasteiger partial charge in [-0.1, -0.05) is 13.8 Å². The lowest BCUT2D eigenvalue weighted by atomic mass is 9.94. The lowest BCUT2D eigenvalue weighted by Gasteiger charge is -2.33. The minimum Gasteiger partial charge on any atom is -0.394 e. The van der Waals surface area contributed by atoms with Gasteiger partial charge in [-0.05, 0) is 12.8 Å². The second-order valence-electron chi connectivity index (χ2n) is 4.53. The van der Waals surface area contributed by atoms with E-state index < -0.39 is 0 Å². The number of nitrogens with zero attached hydrogens (tertiary/aromatic N) is 1. The normalized spacial score (nSPS) is 18.9. The van der Waals surface area contributed by atoms with E-state index in [1.807, 2.05) is 0 Å². The summed E-state index contributed by atoms with van der Waals surface area (Å²) >= 11 is 0. The van der Waals surface area contributed by atoms with Crippen LogP contribution in [-0.2, 0) is 4.74 Å². The molecule has 4 nitrogen and oxygen atoms in total. The van der Waals surface area contributed by atoms with Crippen molar-refractivity contribution in [3.8, 4) is 0 Å². The Balaban J connectivity index is 2.21. The highest BCUT2D eigenvalue weighted by atomic mass is 16.5. The number of aliphatic hydroxyl groups excluding tert-OH is 1. The highest BCUT2D eigenvalue weighted by molar-refractivity contribution is 4.84. The summed E-state index contributed by atoms with van der Waals surface area (Å²) in [6.45, 7) is 10.2. The van der Waals surface area contributed by atoms with Crippen molar-refractivity contribution in [2.45, 2.75) is 32.2 Å². The molecule has 0 spiro atoms. The highest BCUT2D eigenvalue weighted by Crippen LogP contribution is 2.13. The maximum Gasteiger partial charge on any atom is 0.0613 e. The monoisotopic (exact) mass is 230 g/mol. The van der Waals surface area contributed by atoms with Gasteiger partial charge in [0.05, 0.1) is 19.8 Å². The van der Waals surface area contributed by atoms with Crippen LogP contribution >= 0.6 is 0 Å². The summed E-state index contributed by atoms with van der Waals surface area (Å²) in [6.07, 6.45) is 1.95. The SMILES string of the molecule is CCC(CC)(CO)NCCN1CCOCC1. The Kier molecular flexibility index (Phi) is 6.28. The number of hydrogen-bond donors (Lipinski definition) is 2. The lowest BCUT2D eigenvalue weighted by Crippen LogP contribution is -2.51. The number of ether oxygens (including phenoxy) is 1. The van der Waals surface area contributed by atoms with E-state index in [-0.39, 0.29) is 12.1 Å². The first kappa shape index (κ1) is 13.9. The molecule has 1 aliphatic heterocycles. The van der Waals surface area contributed by atoms with Crippen molar-refractivity contribution in [2.24, 2.45) is 0 Å². The van der Waals surface area contributed by atoms with Gasteiger partial charge in [0.15, 0.2) is 0 Å². The summed E-state index contributed by atoms with van der Waals surface area (Å²) in [7, 11) is 0. The van der Waals surface area contributed by atoms with Crippen LogP contribution in [-0.4, -0.2) is 61.5 Å². The molecule has 0 aromatic rings. The van der Waals surface area contributed by atoms with E-state index in [1.54, 1.807) is 0 Å². The van der Waals surface area contributed by atoms with Crippen molar-refractivity contribution in [3.05, 3.63) is 0 Å². The smallest absolute Gasteiger partial charge is 0.0613 e. The molecular weight excluding hydrogens is 204 g/mol. The molecule has 0 bridgehead atoms. The van der Waals surface area contributed by atoms with Gasteiger partial charge in [0, 0.05) is 31.7 Å². The second-order valence-corrected chi connectivity index (χ2v) is 4.53. The van der Waals surface area contributed by atoms with E-state index in [0.717, 1.165) is 52.2 Å². The summed E-state index contributed by atoms with van der Waals surface area (Å²) in [6, 6.07) is 0. The zero-order valence-electron chi connectivity index (χ0n) is 10.7. The lowest BCUT2D eigenvalue weighted by molar-refractivity contribution is 0.0363. The fraction of sp³-hybridized carbons (Fsp3) is 1.00. The number of rotatable bonds is 7. The largest absolute Gasteiger partial charge is 0.394 e. The van der Waals surface area contributed by atoms with Gasteiger partial charge in [-0.15, -0.1) is 0 Å². The van der Waals surface area contributed by atoms with E-state index in [0.29, 0.717) is 0 Å². The fourth-order valence-electron chi connectivity index (χ4n) is 2.08. The minimum atomic E-state index is -0.0771. The molecule has 0 unspecified atom stereocenters. The number of hydrogen-bond acceptors (Lipinski definition) is 4. The van der Waals surface area contributed by atoms with Crippen molar-refractivity contribution in [1.29, 1.82) is 0 Å². The summed E-state index contributed by atoms with van der Waals surface area (Å²) in [5, 5.41) is 12.9. The van der Waals surface area contributed by atoms with Crippen molar-refractivity contribution < 1.29 is 9.84 Å².